The molecule has 28 heavy (non-hydrogen) atoms. The van der Waals surface area contributed by atoms with Crippen LogP contribution < -0.4 is 10.1 Å². The fraction of sp³-hybridized carbons (Fsp3) is 0.100. The number of thiocarbonyl (C=S) groups is 1. The SMILES string of the molecule is CN1C(=O)/C(=C/c2cc(Br)ccc2OCc2ccccc2C#N)C(=O)NC1=S. The minimum absolute atomic E-state index is 0.0449. The number of carbonyl (C=O) groups is 2. The van der Waals surface area contributed by atoms with Gasteiger partial charge in [-0.05, 0) is 42.6 Å². The summed E-state index contributed by atoms with van der Waals surface area (Å²) in [6, 6.07) is 14.5. The van der Waals surface area contributed by atoms with Crippen molar-refractivity contribution in [2.45, 2.75) is 6.61 Å². The lowest BCUT2D eigenvalue weighted by molar-refractivity contribution is -0.128. The zero-order chi connectivity index (χ0) is 20.3. The lowest BCUT2D eigenvalue weighted by Crippen LogP contribution is -2.52. The summed E-state index contributed by atoms with van der Waals surface area (Å²) in [6.07, 6.45) is 1.46. The molecule has 1 heterocycles. The maximum absolute atomic E-state index is 12.4. The summed E-state index contributed by atoms with van der Waals surface area (Å²) in [6.45, 7) is 0.172. The summed E-state index contributed by atoms with van der Waals surface area (Å²) in [5.41, 5.74) is 1.76. The summed E-state index contributed by atoms with van der Waals surface area (Å²) < 4.78 is 6.64. The first-order valence-electron chi connectivity index (χ1n) is 8.16. The summed E-state index contributed by atoms with van der Waals surface area (Å²) in [5.74, 6) is -0.580. The van der Waals surface area contributed by atoms with Crippen LogP contribution in [0, 0.1) is 11.3 Å². The highest BCUT2D eigenvalue weighted by atomic mass is 79.9. The van der Waals surface area contributed by atoms with E-state index < -0.39 is 11.8 Å². The van der Waals surface area contributed by atoms with Crippen molar-refractivity contribution in [3.63, 3.8) is 0 Å². The smallest absolute Gasteiger partial charge is 0.265 e. The Kier molecular flexibility index (Phi) is 5.87. The van der Waals surface area contributed by atoms with Crippen LogP contribution in [0.3, 0.4) is 0 Å². The van der Waals surface area contributed by atoms with E-state index in [2.05, 4.69) is 27.3 Å². The molecule has 1 fully saturated rings. The maximum atomic E-state index is 12.4. The number of hydrogen-bond acceptors (Lipinski definition) is 5. The van der Waals surface area contributed by atoms with Crippen LogP contribution in [0.15, 0.2) is 52.5 Å². The molecule has 1 saturated heterocycles. The second kappa shape index (κ2) is 8.33. The Balaban J connectivity index is 1.93. The fourth-order valence-corrected chi connectivity index (χ4v) is 3.13. The zero-order valence-electron chi connectivity index (χ0n) is 14.7. The third kappa shape index (κ3) is 4.11. The molecule has 1 aliphatic heterocycles. The molecule has 2 amide bonds. The largest absolute Gasteiger partial charge is 0.488 e. The predicted octanol–water partition coefficient (Wildman–Crippen LogP) is 3.16. The van der Waals surface area contributed by atoms with E-state index >= 15 is 0 Å². The summed E-state index contributed by atoms with van der Waals surface area (Å²) in [4.78, 5) is 25.9. The van der Waals surface area contributed by atoms with E-state index in [9.17, 15) is 14.9 Å². The molecule has 2 aromatic rings. The third-order valence-corrected chi connectivity index (χ3v) is 4.97. The molecule has 140 valence electrons. The Morgan fingerprint density at radius 3 is 2.79 bits per heavy atom. The molecule has 2 aromatic carbocycles. The molecule has 0 radical (unpaired) electrons. The minimum atomic E-state index is -0.561. The van der Waals surface area contributed by atoms with Crippen LogP contribution in [0.5, 0.6) is 5.75 Å². The average Bonchev–Trinajstić information content (AvgIpc) is 2.69. The number of nitriles is 1. The van der Waals surface area contributed by atoms with Crippen LogP contribution >= 0.6 is 28.1 Å². The van der Waals surface area contributed by atoms with Gasteiger partial charge in [0.05, 0.1) is 11.6 Å². The standard InChI is InChI=1S/C20H14BrN3O3S/c1-24-19(26)16(18(25)23-20(24)28)9-14-8-15(21)6-7-17(14)27-11-13-5-3-2-4-12(13)10-22/h2-9H,11H2,1H3,(H,23,25,28)/b16-9+. The Labute approximate surface area is 175 Å². The quantitative estimate of drug-likeness (QED) is 0.434. The molecule has 8 heteroatoms. The second-order valence-electron chi connectivity index (χ2n) is 5.92. The molecule has 3 rings (SSSR count). The van der Waals surface area contributed by atoms with E-state index in [1.807, 2.05) is 12.1 Å². The van der Waals surface area contributed by atoms with Gasteiger partial charge in [0.15, 0.2) is 5.11 Å². The summed E-state index contributed by atoms with van der Waals surface area (Å²) in [5, 5.41) is 11.7. The van der Waals surface area contributed by atoms with Gasteiger partial charge in [-0.25, -0.2) is 0 Å². The Hall–Kier alpha value is -3.02. The normalized spacial score (nSPS) is 15.4. The van der Waals surface area contributed by atoms with Gasteiger partial charge < -0.3 is 4.74 Å². The van der Waals surface area contributed by atoms with Gasteiger partial charge in [-0.3, -0.25) is 19.8 Å². The number of carbonyl (C=O) groups excluding carboxylic acids is 2. The first-order valence-corrected chi connectivity index (χ1v) is 9.36. The van der Waals surface area contributed by atoms with Gasteiger partial charge in [0.2, 0.25) is 0 Å². The topological polar surface area (TPSA) is 82.4 Å². The molecule has 0 spiro atoms. The molecule has 0 unspecified atom stereocenters. The minimum Gasteiger partial charge on any atom is -0.488 e. The van der Waals surface area contributed by atoms with Crippen molar-refractivity contribution >= 4 is 51.2 Å². The summed E-state index contributed by atoms with van der Waals surface area (Å²) in [7, 11) is 1.50. The maximum Gasteiger partial charge on any atom is 0.265 e. The van der Waals surface area contributed by atoms with Crippen LogP contribution in [-0.2, 0) is 16.2 Å². The Morgan fingerprint density at radius 2 is 2.04 bits per heavy atom. The molecule has 0 aliphatic carbocycles. The first kappa shape index (κ1) is 19.7. The van der Waals surface area contributed by atoms with Crippen molar-refractivity contribution in [3.05, 3.63) is 69.2 Å². The molecule has 0 atom stereocenters. The van der Waals surface area contributed by atoms with Gasteiger partial charge in [0, 0.05) is 22.6 Å². The van der Waals surface area contributed by atoms with Gasteiger partial charge in [0.25, 0.3) is 11.8 Å². The molecule has 1 aliphatic rings. The van der Waals surface area contributed by atoms with Crippen LogP contribution in [0.4, 0.5) is 0 Å². The van der Waals surface area contributed by atoms with E-state index in [1.165, 1.54) is 18.0 Å². The highest BCUT2D eigenvalue weighted by molar-refractivity contribution is 9.10. The van der Waals surface area contributed by atoms with Crippen LogP contribution in [0.25, 0.3) is 6.08 Å². The molecule has 0 aromatic heterocycles. The van der Waals surface area contributed by atoms with Gasteiger partial charge in [-0.15, -0.1) is 0 Å². The number of hydrogen-bond donors (Lipinski definition) is 1. The van der Waals surface area contributed by atoms with Crippen LogP contribution in [0.2, 0.25) is 0 Å². The summed E-state index contributed by atoms with van der Waals surface area (Å²) >= 11 is 8.34. The van der Waals surface area contributed by atoms with Crippen molar-refractivity contribution in [3.8, 4) is 11.8 Å². The molecular formula is C20H14BrN3O3S. The monoisotopic (exact) mass is 455 g/mol. The van der Waals surface area contributed by atoms with Gasteiger partial charge in [-0.2, -0.15) is 5.26 Å². The third-order valence-electron chi connectivity index (χ3n) is 4.10. The Bertz CT molecular complexity index is 1060. The lowest BCUT2D eigenvalue weighted by atomic mass is 10.1. The van der Waals surface area contributed by atoms with E-state index in [1.54, 1.807) is 30.3 Å². The molecular weight excluding hydrogens is 442 g/mol. The van der Waals surface area contributed by atoms with Crippen molar-refractivity contribution in [2.75, 3.05) is 7.05 Å². The van der Waals surface area contributed by atoms with Crippen LogP contribution in [-0.4, -0.2) is 28.9 Å². The van der Waals surface area contributed by atoms with Crippen LogP contribution in [0.1, 0.15) is 16.7 Å². The van der Waals surface area contributed by atoms with Crippen molar-refractivity contribution in [1.82, 2.24) is 10.2 Å². The fourth-order valence-electron chi connectivity index (χ4n) is 2.58. The lowest BCUT2D eigenvalue weighted by Gasteiger charge is -2.25. The number of nitrogens with zero attached hydrogens (tertiary/aromatic N) is 2. The number of ether oxygens (including phenoxy) is 1. The molecule has 1 N–H and O–H groups in total. The van der Waals surface area contributed by atoms with Gasteiger partial charge >= 0.3 is 0 Å². The van der Waals surface area contributed by atoms with E-state index in [4.69, 9.17) is 17.0 Å². The number of amides is 2. The van der Waals surface area contributed by atoms with Crippen molar-refractivity contribution in [2.24, 2.45) is 0 Å². The van der Waals surface area contributed by atoms with Crippen molar-refractivity contribution in [1.29, 1.82) is 5.26 Å². The molecule has 0 saturated carbocycles. The molecule has 6 nitrogen and oxygen atoms in total. The number of nitrogens with one attached hydrogen (secondary N) is 1. The van der Waals surface area contributed by atoms with E-state index in [-0.39, 0.29) is 17.3 Å². The Morgan fingerprint density at radius 1 is 1.29 bits per heavy atom. The second-order valence-corrected chi connectivity index (χ2v) is 7.22. The van der Waals surface area contributed by atoms with Gasteiger partial charge in [0.1, 0.15) is 17.9 Å². The highest BCUT2D eigenvalue weighted by Gasteiger charge is 2.31. The van der Waals surface area contributed by atoms with Gasteiger partial charge in [-0.1, -0.05) is 34.1 Å². The van der Waals surface area contributed by atoms with Crippen molar-refractivity contribution < 1.29 is 14.3 Å². The number of likely N-dealkylation sites (N-methyl/N-ethyl adjacent to an activating group) is 1. The molecule has 0 bridgehead atoms. The number of benzene rings is 2. The predicted molar refractivity (Wildman–Crippen MR) is 111 cm³/mol. The highest BCUT2D eigenvalue weighted by Crippen LogP contribution is 2.27. The average molecular weight is 456 g/mol. The van der Waals surface area contributed by atoms with E-state index in [0.29, 0.717) is 16.9 Å². The first-order chi connectivity index (χ1) is 13.4. The number of halogens is 1. The zero-order valence-corrected chi connectivity index (χ0v) is 17.1. The van der Waals surface area contributed by atoms with E-state index in [0.717, 1.165) is 10.0 Å². The number of rotatable bonds is 4.